The second-order valence-corrected chi connectivity index (χ2v) is 7.64. The molecule has 0 radical (unpaired) electrons. The normalized spacial score (nSPS) is 12.7. The Morgan fingerprint density at radius 2 is 1.95 bits per heavy atom. The molecule has 0 aliphatic rings. The van der Waals surface area contributed by atoms with E-state index in [1.807, 2.05) is 13.8 Å². The molecule has 1 aromatic rings. The topological polar surface area (TPSA) is 81.4 Å². The summed E-state index contributed by atoms with van der Waals surface area (Å²) in [5.74, 6) is 0.831. The molecule has 0 aliphatic carbocycles. The summed E-state index contributed by atoms with van der Waals surface area (Å²) in [6.45, 7) is 8.57. The molecule has 5 nitrogen and oxygen atoms in total. The van der Waals surface area contributed by atoms with E-state index in [4.69, 9.17) is 10.5 Å². The summed E-state index contributed by atoms with van der Waals surface area (Å²) in [5.41, 5.74) is 5.93. The first-order valence-electron chi connectivity index (χ1n) is 6.53. The summed E-state index contributed by atoms with van der Waals surface area (Å²) in [7, 11) is -2.07. The average molecular weight is 300 g/mol. The summed E-state index contributed by atoms with van der Waals surface area (Å²) in [6, 6.07) is 4.45. The third kappa shape index (κ3) is 3.86. The molecule has 0 fully saturated rings. The molecule has 1 rings (SSSR count). The van der Waals surface area contributed by atoms with Gasteiger partial charge in [-0.05, 0) is 29.5 Å². The van der Waals surface area contributed by atoms with Gasteiger partial charge >= 0.3 is 0 Å². The van der Waals surface area contributed by atoms with E-state index in [0.717, 1.165) is 0 Å². The molecule has 0 aliphatic heterocycles. The van der Waals surface area contributed by atoms with Crippen LogP contribution in [0.5, 0.6) is 5.75 Å². The van der Waals surface area contributed by atoms with Crippen LogP contribution in [-0.4, -0.2) is 22.1 Å². The van der Waals surface area contributed by atoms with Gasteiger partial charge in [0.15, 0.2) is 0 Å². The van der Waals surface area contributed by atoms with Crippen molar-refractivity contribution < 1.29 is 13.2 Å². The fourth-order valence-corrected chi connectivity index (χ4v) is 2.71. The molecular weight excluding hydrogens is 276 g/mol. The summed E-state index contributed by atoms with van der Waals surface area (Å²) in [6.07, 6.45) is 0. The van der Waals surface area contributed by atoms with Crippen molar-refractivity contribution in [2.45, 2.75) is 32.6 Å². The van der Waals surface area contributed by atoms with E-state index in [2.05, 4.69) is 18.6 Å². The molecule has 20 heavy (non-hydrogen) atoms. The number of rotatable bonds is 6. The molecule has 0 bridgehead atoms. The van der Waals surface area contributed by atoms with Gasteiger partial charge in [-0.3, -0.25) is 0 Å². The molecule has 0 atom stereocenters. The maximum Gasteiger partial charge on any atom is 0.240 e. The maximum atomic E-state index is 12.2. The van der Waals surface area contributed by atoms with Gasteiger partial charge in [-0.25, -0.2) is 13.1 Å². The fourth-order valence-electron chi connectivity index (χ4n) is 1.45. The van der Waals surface area contributed by atoms with Crippen molar-refractivity contribution in [3.05, 3.63) is 18.2 Å². The molecule has 1 aromatic carbocycles. The van der Waals surface area contributed by atoms with E-state index in [-0.39, 0.29) is 10.3 Å². The first kappa shape index (κ1) is 16.8. The van der Waals surface area contributed by atoms with Crippen molar-refractivity contribution in [3.8, 4) is 5.75 Å². The first-order valence-corrected chi connectivity index (χ1v) is 8.01. The van der Waals surface area contributed by atoms with E-state index in [0.29, 0.717) is 23.9 Å². The van der Waals surface area contributed by atoms with Crippen LogP contribution in [0, 0.1) is 11.3 Å². The standard InChI is InChI=1S/C14H24N2O3S/c1-10(2)14(3,4)9-16-20(17,18)11-6-7-13(19-5)12(15)8-11/h6-8,10,16H,9,15H2,1-5H3. The second-order valence-electron chi connectivity index (χ2n) is 5.87. The van der Waals surface area contributed by atoms with Gasteiger partial charge in [-0.15, -0.1) is 0 Å². The number of nitrogens with one attached hydrogen (secondary N) is 1. The summed E-state index contributed by atoms with van der Waals surface area (Å²) < 4.78 is 32.1. The highest BCUT2D eigenvalue weighted by atomic mass is 32.2. The van der Waals surface area contributed by atoms with Gasteiger partial charge in [0.25, 0.3) is 0 Å². The zero-order valence-corrected chi connectivity index (χ0v) is 13.5. The van der Waals surface area contributed by atoms with Crippen LogP contribution in [0.3, 0.4) is 0 Å². The van der Waals surface area contributed by atoms with E-state index in [1.165, 1.54) is 19.2 Å². The third-order valence-corrected chi connectivity index (χ3v) is 5.19. The van der Waals surface area contributed by atoms with Crippen LogP contribution in [0.1, 0.15) is 27.7 Å². The van der Waals surface area contributed by atoms with Gasteiger partial charge in [0.1, 0.15) is 5.75 Å². The number of ether oxygens (including phenoxy) is 1. The predicted molar refractivity (Wildman–Crippen MR) is 81.2 cm³/mol. The van der Waals surface area contributed by atoms with Gasteiger partial charge in [0, 0.05) is 6.54 Å². The number of methoxy groups -OCH3 is 1. The minimum absolute atomic E-state index is 0.120. The van der Waals surface area contributed by atoms with Crippen LogP contribution < -0.4 is 15.2 Å². The molecule has 0 aromatic heterocycles. The Hall–Kier alpha value is -1.27. The third-order valence-electron chi connectivity index (χ3n) is 3.79. The lowest BCUT2D eigenvalue weighted by Gasteiger charge is -2.29. The number of hydrogen-bond donors (Lipinski definition) is 2. The van der Waals surface area contributed by atoms with Crippen molar-refractivity contribution in [1.29, 1.82) is 0 Å². The zero-order valence-electron chi connectivity index (χ0n) is 12.7. The minimum atomic E-state index is -3.56. The summed E-state index contributed by atoms with van der Waals surface area (Å²) in [4.78, 5) is 0.148. The molecule has 0 saturated carbocycles. The largest absolute Gasteiger partial charge is 0.495 e. The van der Waals surface area contributed by atoms with Crippen molar-refractivity contribution in [1.82, 2.24) is 4.72 Å². The van der Waals surface area contributed by atoms with E-state index >= 15 is 0 Å². The van der Waals surface area contributed by atoms with Crippen molar-refractivity contribution in [3.63, 3.8) is 0 Å². The van der Waals surface area contributed by atoms with E-state index in [1.54, 1.807) is 6.07 Å². The van der Waals surface area contributed by atoms with Crippen LogP contribution >= 0.6 is 0 Å². The summed E-state index contributed by atoms with van der Waals surface area (Å²) >= 11 is 0. The lowest BCUT2D eigenvalue weighted by atomic mass is 9.81. The van der Waals surface area contributed by atoms with Crippen molar-refractivity contribution in [2.75, 3.05) is 19.4 Å². The zero-order chi connectivity index (χ0) is 15.6. The van der Waals surface area contributed by atoms with Gasteiger partial charge in [0.2, 0.25) is 10.0 Å². The van der Waals surface area contributed by atoms with Crippen LogP contribution in [0.4, 0.5) is 5.69 Å². The SMILES string of the molecule is COc1ccc(S(=O)(=O)NCC(C)(C)C(C)C)cc1N. The summed E-state index contributed by atoms with van der Waals surface area (Å²) in [5, 5.41) is 0. The Kier molecular flexibility index (Phi) is 5.05. The number of hydrogen-bond acceptors (Lipinski definition) is 4. The average Bonchev–Trinajstić information content (AvgIpc) is 2.36. The monoisotopic (exact) mass is 300 g/mol. The highest BCUT2D eigenvalue weighted by Crippen LogP contribution is 2.27. The van der Waals surface area contributed by atoms with Crippen LogP contribution in [-0.2, 0) is 10.0 Å². The molecule has 6 heteroatoms. The molecule has 0 amide bonds. The quantitative estimate of drug-likeness (QED) is 0.789. The van der Waals surface area contributed by atoms with Crippen molar-refractivity contribution >= 4 is 15.7 Å². The van der Waals surface area contributed by atoms with E-state index in [9.17, 15) is 8.42 Å². The molecule has 0 heterocycles. The van der Waals surface area contributed by atoms with Crippen LogP contribution in [0.15, 0.2) is 23.1 Å². The van der Waals surface area contributed by atoms with Crippen LogP contribution in [0.25, 0.3) is 0 Å². The number of benzene rings is 1. The molecule has 114 valence electrons. The van der Waals surface area contributed by atoms with Gasteiger partial charge in [-0.1, -0.05) is 27.7 Å². The van der Waals surface area contributed by atoms with Gasteiger partial charge < -0.3 is 10.5 Å². The van der Waals surface area contributed by atoms with Gasteiger partial charge in [0.05, 0.1) is 17.7 Å². The van der Waals surface area contributed by atoms with Gasteiger partial charge in [-0.2, -0.15) is 0 Å². The molecule has 3 N–H and O–H groups in total. The molecule has 0 saturated heterocycles. The number of nitrogens with two attached hydrogens (primary N) is 1. The lowest BCUT2D eigenvalue weighted by molar-refractivity contribution is 0.252. The minimum Gasteiger partial charge on any atom is -0.495 e. The van der Waals surface area contributed by atoms with Crippen LogP contribution in [0.2, 0.25) is 0 Å². The first-order chi connectivity index (χ1) is 9.10. The Bertz CT molecular complexity index is 566. The predicted octanol–water partition coefficient (Wildman–Crippen LogP) is 2.24. The number of sulfonamides is 1. The Morgan fingerprint density at radius 3 is 2.40 bits per heavy atom. The van der Waals surface area contributed by atoms with Crippen molar-refractivity contribution in [2.24, 2.45) is 11.3 Å². The Balaban J connectivity index is 2.92. The molecule has 0 unspecified atom stereocenters. The second kappa shape index (κ2) is 6.01. The number of anilines is 1. The highest BCUT2D eigenvalue weighted by molar-refractivity contribution is 7.89. The highest BCUT2D eigenvalue weighted by Gasteiger charge is 2.25. The molecule has 0 spiro atoms. The lowest BCUT2D eigenvalue weighted by Crippen LogP contribution is -2.36. The Morgan fingerprint density at radius 1 is 1.35 bits per heavy atom. The number of nitrogen functional groups attached to an aromatic ring is 1. The molecular formula is C14H24N2O3S. The van der Waals surface area contributed by atoms with E-state index < -0.39 is 10.0 Å². The smallest absolute Gasteiger partial charge is 0.240 e. The Labute approximate surface area is 121 Å². The fraction of sp³-hybridized carbons (Fsp3) is 0.571. The maximum absolute atomic E-state index is 12.2.